The molecule has 0 saturated carbocycles. The van der Waals surface area contributed by atoms with Crippen LogP contribution in [-0.2, 0) is 4.79 Å². The molecule has 1 aliphatic rings. The molecule has 0 aromatic heterocycles. The molecule has 0 N–H and O–H groups in total. The molecule has 0 unspecified atom stereocenters. The van der Waals surface area contributed by atoms with Crippen LogP contribution in [-0.4, -0.2) is 24.4 Å². The first kappa shape index (κ1) is 18.0. The molecule has 2 aromatic rings. The fraction of sp³-hybridized carbons (Fsp3) is 0.111. The Morgan fingerprint density at radius 3 is 2.64 bits per heavy atom. The molecule has 3 rings (SSSR count). The Balaban J connectivity index is 1.98. The third-order valence-electron chi connectivity index (χ3n) is 3.58. The number of halogens is 1. The van der Waals surface area contributed by atoms with Crippen molar-refractivity contribution in [3.8, 4) is 11.5 Å². The normalized spacial score (nSPS) is 15.8. The van der Waals surface area contributed by atoms with Gasteiger partial charge in [0.15, 0.2) is 4.32 Å². The lowest BCUT2D eigenvalue weighted by Crippen LogP contribution is -2.27. The largest absolute Gasteiger partial charge is 0.497 e. The smallest absolute Gasteiger partial charge is 0.270 e. The Bertz CT molecular complexity index is 882. The molecule has 25 heavy (non-hydrogen) atoms. The standard InChI is InChI=1S/C18H14BrNO3S2/c1-22-14-6-7-15(23-2)11(8-14)9-16-17(21)20(18(24)25-16)13-5-3-4-12(19)10-13/h3-10H,1-2H3/b16-9-. The molecule has 0 atom stereocenters. The number of thioether (sulfide) groups is 1. The second-order valence-corrected chi connectivity index (χ2v) is 7.70. The van der Waals surface area contributed by atoms with Gasteiger partial charge < -0.3 is 9.47 Å². The molecule has 0 radical (unpaired) electrons. The van der Waals surface area contributed by atoms with E-state index in [4.69, 9.17) is 21.7 Å². The van der Waals surface area contributed by atoms with Crippen molar-refractivity contribution in [2.45, 2.75) is 0 Å². The van der Waals surface area contributed by atoms with Crippen LogP contribution in [0.25, 0.3) is 6.08 Å². The van der Waals surface area contributed by atoms with Gasteiger partial charge in [-0.15, -0.1) is 0 Å². The predicted octanol–water partition coefficient (Wildman–Crippen LogP) is 4.87. The van der Waals surface area contributed by atoms with Gasteiger partial charge in [0.1, 0.15) is 11.5 Å². The molecular weight excluding hydrogens is 422 g/mol. The molecule has 1 heterocycles. The van der Waals surface area contributed by atoms with Gasteiger partial charge in [-0.25, -0.2) is 0 Å². The van der Waals surface area contributed by atoms with Crippen molar-refractivity contribution in [1.29, 1.82) is 0 Å². The summed E-state index contributed by atoms with van der Waals surface area (Å²) in [5.41, 5.74) is 1.49. The second kappa shape index (κ2) is 7.59. The first-order valence-electron chi connectivity index (χ1n) is 7.29. The van der Waals surface area contributed by atoms with Crippen molar-refractivity contribution in [3.05, 3.63) is 57.4 Å². The van der Waals surface area contributed by atoms with Crippen molar-refractivity contribution >= 4 is 61.9 Å². The van der Waals surface area contributed by atoms with E-state index < -0.39 is 0 Å². The minimum Gasteiger partial charge on any atom is -0.497 e. The van der Waals surface area contributed by atoms with E-state index >= 15 is 0 Å². The number of ether oxygens (including phenoxy) is 2. The van der Waals surface area contributed by atoms with Crippen LogP contribution >= 0.6 is 39.9 Å². The summed E-state index contributed by atoms with van der Waals surface area (Å²) < 4.78 is 12.0. The molecule has 0 spiro atoms. The van der Waals surface area contributed by atoms with Gasteiger partial charge in [0.2, 0.25) is 0 Å². The SMILES string of the molecule is COc1ccc(OC)c(/C=C2\SC(=S)N(c3cccc(Br)c3)C2=O)c1. The van der Waals surface area contributed by atoms with E-state index in [1.165, 1.54) is 16.7 Å². The fourth-order valence-electron chi connectivity index (χ4n) is 2.40. The molecule has 4 nitrogen and oxygen atoms in total. The van der Waals surface area contributed by atoms with Gasteiger partial charge in [-0.3, -0.25) is 9.69 Å². The van der Waals surface area contributed by atoms with Gasteiger partial charge in [0, 0.05) is 10.0 Å². The van der Waals surface area contributed by atoms with Gasteiger partial charge >= 0.3 is 0 Å². The summed E-state index contributed by atoms with van der Waals surface area (Å²) in [6.07, 6.45) is 1.78. The maximum Gasteiger partial charge on any atom is 0.270 e. The summed E-state index contributed by atoms with van der Waals surface area (Å²) in [7, 11) is 3.18. The van der Waals surface area contributed by atoms with Crippen LogP contribution in [0.15, 0.2) is 51.8 Å². The van der Waals surface area contributed by atoms with Gasteiger partial charge in [0.05, 0.1) is 24.8 Å². The number of methoxy groups -OCH3 is 2. The van der Waals surface area contributed by atoms with Crippen LogP contribution in [0.1, 0.15) is 5.56 Å². The van der Waals surface area contributed by atoms with Crippen molar-refractivity contribution in [3.63, 3.8) is 0 Å². The van der Waals surface area contributed by atoms with Gasteiger partial charge in [-0.1, -0.05) is 46.0 Å². The maximum atomic E-state index is 12.8. The first-order chi connectivity index (χ1) is 12.0. The highest BCUT2D eigenvalue weighted by Gasteiger charge is 2.33. The highest BCUT2D eigenvalue weighted by Crippen LogP contribution is 2.38. The zero-order chi connectivity index (χ0) is 18.0. The molecule has 1 amide bonds. The second-order valence-electron chi connectivity index (χ2n) is 5.10. The van der Waals surface area contributed by atoms with E-state index in [2.05, 4.69) is 15.9 Å². The van der Waals surface area contributed by atoms with Crippen LogP contribution in [0, 0.1) is 0 Å². The number of amides is 1. The quantitative estimate of drug-likeness (QED) is 0.505. The van der Waals surface area contributed by atoms with Crippen LogP contribution in [0.4, 0.5) is 5.69 Å². The van der Waals surface area contributed by atoms with Crippen molar-refractivity contribution in [1.82, 2.24) is 0 Å². The monoisotopic (exact) mass is 435 g/mol. The van der Waals surface area contributed by atoms with E-state index in [0.717, 1.165) is 15.7 Å². The number of carbonyl (C=O) groups excluding carboxylic acids is 1. The van der Waals surface area contributed by atoms with Crippen LogP contribution in [0.5, 0.6) is 11.5 Å². The molecule has 128 valence electrons. The van der Waals surface area contributed by atoms with E-state index in [0.29, 0.717) is 20.7 Å². The number of carbonyl (C=O) groups is 1. The first-order valence-corrected chi connectivity index (χ1v) is 9.31. The Labute approximate surface area is 163 Å². The average molecular weight is 436 g/mol. The molecule has 7 heteroatoms. The predicted molar refractivity (Wildman–Crippen MR) is 109 cm³/mol. The number of benzene rings is 2. The zero-order valence-corrected chi connectivity index (χ0v) is 16.7. The van der Waals surface area contributed by atoms with E-state index in [1.54, 1.807) is 26.4 Å². The molecule has 2 aromatic carbocycles. The highest BCUT2D eigenvalue weighted by molar-refractivity contribution is 9.10. The van der Waals surface area contributed by atoms with E-state index in [1.807, 2.05) is 36.4 Å². The maximum absolute atomic E-state index is 12.8. The van der Waals surface area contributed by atoms with Gasteiger partial charge in [-0.2, -0.15) is 0 Å². The number of rotatable bonds is 4. The lowest BCUT2D eigenvalue weighted by molar-refractivity contribution is -0.113. The zero-order valence-electron chi connectivity index (χ0n) is 13.5. The number of anilines is 1. The number of thiocarbonyl (C=S) groups is 1. The molecule has 1 fully saturated rings. The van der Waals surface area contributed by atoms with Crippen molar-refractivity contribution < 1.29 is 14.3 Å². The molecule has 1 saturated heterocycles. The third-order valence-corrected chi connectivity index (χ3v) is 5.38. The Kier molecular flexibility index (Phi) is 5.46. The average Bonchev–Trinajstić information content (AvgIpc) is 2.88. The Hall–Kier alpha value is -1.83. The summed E-state index contributed by atoms with van der Waals surface area (Å²) in [6, 6.07) is 12.9. The molecule has 0 aliphatic carbocycles. The Morgan fingerprint density at radius 2 is 1.96 bits per heavy atom. The van der Waals surface area contributed by atoms with Crippen LogP contribution in [0.3, 0.4) is 0 Å². The number of nitrogens with zero attached hydrogens (tertiary/aromatic N) is 1. The van der Waals surface area contributed by atoms with Crippen LogP contribution < -0.4 is 14.4 Å². The highest BCUT2D eigenvalue weighted by atomic mass is 79.9. The van der Waals surface area contributed by atoms with E-state index in [-0.39, 0.29) is 5.91 Å². The van der Waals surface area contributed by atoms with Crippen LogP contribution in [0.2, 0.25) is 0 Å². The molecule has 1 aliphatic heterocycles. The third kappa shape index (κ3) is 3.73. The number of hydrogen-bond donors (Lipinski definition) is 0. The summed E-state index contributed by atoms with van der Waals surface area (Å²) in [5.74, 6) is 1.20. The summed E-state index contributed by atoms with van der Waals surface area (Å²) >= 11 is 10.1. The lowest BCUT2D eigenvalue weighted by atomic mass is 10.1. The molecular formula is C18H14BrNO3S2. The molecule has 0 bridgehead atoms. The number of hydrogen-bond acceptors (Lipinski definition) is 5. The summed E-state index contributed by atoms with van der Waals surface area (Å²) in [4.78, 5) is 14.9. The Morgan fingerprint density at radius 1 is 1.16 bits per heavy atom. The minimum absolute atomic E-state index is 0.155. The van der Waals surface area contributed by atoms with Crippen molar-refractivity contribution in [2.75, 3.05) is 19.1 Å². The van der Waals surface area contributed by atoms with Gasteiger partial charge in [-0.05, 0) is 42.5 Å². The lowest BCUT2D eigenvalue weighted by Gasteiger charge is -2.14. The van der Waals surface area contributed by atoms with Gasteiger partial charge in [0.25, 0.3) is 5.91 Å². The van der Waals surface area contributed by atoms with E-state index in [9.17, 15) is 4.79 Å². The minimum atomic E-state index is -0.155. The topological polar surface area (TPSA) is 38.8 Å². The summed E-state index contributed by atoms with van der Waals surface area (Å²) in [6.45, 7) is 0. The van der Waals surface area contributed by atoms with Crippen molar-refractivity contribution in [2.24, 2.45) is 0 Å². The summed E-state index contributed by atoms with van der Waals surface area (Å²) in [5, 5.41) is 0. The fourth-order valence-corrected chi connectivity index (χ4v) is 4.08.